The highest BCUT2D eigenvalue weighted by Gasteiger charge is 2.18. The Kier molecular flexibility index (Phi) is 4.29. The van der Waals surface area contributed by atoms with Crippen molar-refractivity contribution in [3.05, 3.63) is 59.4 Å². The third-order valence-electron chi connectivity index (χ3n) is 3.46. The van der Waals surface area contributed by atoms with Gasteiger partial charge in [-0.1, -0.05) is 32.9 Å². The van der Waals surface area contributed by atoms with Gasteiger partial charge in [0, 0.05) is 0 Å². The Morgan fingerprint density at radius 3 is 2.09 bits per heavy atom. The van der Waals surface area contributed by atoms with E-state index in [4.69, 9.17) is 0 Å². The number of nitrogens with one attached hydrogen (secondary N) is 1. The largest absolute Gasteiger partial charge is 0.279 e. The lowest BCUT2D eigenvalue weighted by molar-refractivity contribution is 0.587. The molecule has 0 aliphatic heterocycles. The summed E-state index contributed by atoms with van der Waals surface area (Å²) in [7, 11) is -3.68. The summed E-state index contributed by atoms with van der Waals surface area (Å²) in [5.74, 6) is -0.394. The number of rotatable bonds is 3. The molecule has 0 heterocycles. The van der Waals surface area contributed by atoms with Gasteiger partial charge in [-0.2, -0.15) is 0 Å². The normalized spacial score (nSPS) is 12.2. The SMILES string of the molecule is Cc1cc(F)ccc1NS(=O)(=O)c1ccc(C(C)(C)C)cc1. The van der Waals surface area contributed by atoms with Crippen LogP contribution >= 0.6 is 0 Å². The van der Waals surface area contributed by atoms with Gasteiger partial charge in [0.15, 0.2) is 0 Å². The molecular weight excluding hydrogens is 301 g/mol. The Morgan fingerprint density at radius 1 is 1.00 bits per heavy atom. The van der Waals surface area contributed by atoms with Crippen molar-refractivity contribution in [2.45, 2.75) is 38.0 Å². The molecule has 0 saturated heterocycles. The molecule has 0 bridgehead atoms. The van der Waals surface area contributed by atoms with Crippen molar-refractivity contribution in [1.29, 1.82) is 0 Å². The summed E-state index contributed by atoms with van der Waals surface area (Å²) < 4.78 is 40.4. The van der Waals surface area contributed by atoms with Crippen LogP contribution in [0.25, 0.3) is 0 Å². The maximum absolute atomic E-state index is 13.1. The summed E-state index contributed by atoms with van der Waals surface area (Å²) in [5, 5.41) is 0. The highest BCUT2D eigenvalue weighted by Crippen LogP contribution is 2.25. The first-order chi connectivity index (χ1) is 10.1. The third kappa shape index (κ3) is 3.65. The van der Waals surface area contributed by atoms with Crippen LogP contribution in [-0.2, 0) is 15.4 Å². The van der Waals surface area contributed by atoms with Crippen molar-refractivity contribution in [1.82, 2.24) is 0 Å². The molecule has 2 aromatic carbocycles. The van der Waals surface area contributed by atoms with Crippen LogP contribution in [0.2, 0.25) is 0 Å². The average molecular weight is 321 g/mol. The van der Waals surface area contributed by atoms with E-state index in [2.05, 4.69) is 25.5 Å². The Hall–Kier alpha value is -1.88. The molecule has 0 aromatic heterocycles. The van der Waals surface area contributed by atoms with Crippen molar-refractivity contribution in [2.24, 2.45) is 0 Å². The van der Waals surface area contributed by atoms with Crippen LogP contribution in [-0.4, -0.2) is 8.42 Å². The molecule has 2 aromatic rings. The Balaban J connectivity index is 2.31. The summed E-state index contributed by atoms with van der Waals surface area (Å²) in [4.78, 5) is 0.184. The van der Waals surface area contributed by atoms with Gasteiger partial charge in [0.2, 0.25) is 0 Å². The fourth-order valence-corrected chi connectivity index (χ4v) is 3.21. The topological polar surface area (TPSA) is 46.2 Å². The summed E-state index contributed by atoms with van der Waals surface area (Å²) in [5.41, 5.74) is 1.93. The zero-order valence-corrected chi connectivity index (χ0v) is 14.0. The molecule has 3 nitrogen and oxygen atoms in total. The highest BCUT2D eigenvalue weighted by molar-refractivity contribution is 7.92. The molecule has 1 N–H and O–H groups in total. The van der Waals surface area contributed by atoms with Crippen molar-refractivity contribution in [2.75, 3.05) is 4.72 Å². The first kappa shape index (κ1) is 16.5. The van der Waals surface area contributed by atoms with Crippen molar-refractivity contribution in [3.8, 4) is 0 Å². The minimum absolute atomic E-state index is 0.0384. The lowest BCUT2D eigenvalue weighted by Crippen LogP contribution is -2.15. The van der Waals surface area contributed by atoms with E-state index in [1.54, 1.807) is 19.1 Å². The number of hydrogen-bond acceptors (Lipinski definition) is 2. The minimum Gasteiger partial charge on any atom is -0.279 e. The van der Waals surface area contributed by atoms with Crippen LogP contribution in [0.5, 0.6) is 0 Å². The van der Waals surface area contributed by atoms with E-state index in [0.717, 1.165) is 5.56 Å². The van der Waals surface area contributed by atoms with Crippen LogP contribution in [0.15, 0.2) is 47.4 Å². The molecule has 0 amide bonds. The molecule has 22 heavy (non-hydrogen) atoms. The van der Waals surface area contributed by atoms with Gasteiger partial charge < -0.3 is 0 Å². The van der Waals surface area contributed by atoms with Gasteiger partial charge in [-0.15, -0.1) is 0 Å². The fourth-order valence-electron chi connectivity index (χ4n) is 2.08. The molecule has 2 rings (SSSR count). The number of benzene rings is 2. The van der Waals surface area contributed by atoms with Crippen molar-refractivity contribution >= 4 is 15.7 Å². The van der Waals surface area contributed by atoms with Gasteiger partial charge >= 0.3 is 0 Å². The quantitative estimate of drug-likeness (QED) is 0.919. The van der Waals surface area contributed by atoms with E-state index in [1.807, 2.05) is 12.1 Å². The zero-order chi connectivity index (χ0) is 16.5. The maximum Gasteiger partial charge on any atom is 0.261 e. The number of halogens is 1. The zero-order valence-electron chi connectivity index (χ0n) is 13.1. The Labute approximate surface area is 131 Å². The summed E-state index contributed by atoms with van der Waals surface area (Å²) in [6.45, 7) is 7.85. The standard InChI is InChI=1S/C17H20FNO2S/c1-12-11-14(18)7-10-16(12)19-22(20,21)15-8-5-13(6-9-15)17(2,3)4/h5-11,19H,1-4H3. The second kappa shape index (κ2) is 5.72. The van der Waals surface area contributed by atoms with E-state index < -0.39 is 15.8 Å². The monoisotopic (exact) mass is 321 g/mol. The summed E-state index contributed by atoms with van der Waals surface area (Å²) in [6.07, 6.45) is 0. The lowest BCUT2D eigenvalue weighted by atomic mass is 9.87. The van der Waals surface area contributed by atoms with Gasteiger partial charge in [-0.05, 0) is 53.8 Å². The summed E-state index contributed by atoms with van der Waals surface area (Å²) in [6, 6.07) is 10.7. The van der Waals surface area contributed by atoms with E-state index in [0.29, 0.717) is 11.3 Å². The first-order valence-corrected chi connectivity index (χ1v) is 8.47. The molecule has 0 saturated carbocycles. The van der Waals surface area contributed by atoms with Crippen LogP contribution in [0, 0.1) is 12.7 Å². The van der Waals surface area contributed by atoms with Crippen LogP contribution in [0.1, 0.15) is 31.9 Å². The number of anilines is 1. The van der Waals surface area contributed by atoms with Crippen LogP contribution in [0.4, 0.5) is 10.1 Å². The number of sulfonamides is 1. The molecule has 0 aliphatic rings. The number of hydrogen-bond donors (Lipinski definition) is 1. The molecule has 0 atom stereocenters. The molecule has 5 heteroatoms. The first-order valence-electron chi connectivity index (χ1n) is 6.99. The lowest BCUT2D eigenvalue weighted by Gasteiger charge is -2.19. The smallest absolute Gasteiger partial charge is 0.261 e. The van der Waals surface area contributed by atoms with Gasteiger partial charge in [0.05, 0.1) is 10.6 Å². The minimum atomic E-state index is -3.68. The molecule has 0 unspecified atom stereocenters. The Bertz CT molecular complexity index is 775. The van der Waals surface area contributed by atoms with Crippen LogP contribution in [0.3, 0.4) is 0 Å². The number of aryl methyl sites for hydroxylation is 1. The van der Waals surface area contributed by atoms with Crippen LogP contribution < -0.4 is 4.72 Å². The van der Waals surface area contributed by atoms with Gasteiger partial charge in [-0.3, -0.25) is 4.72 Å². The molecule has 0 fully saturated rings. The molecule has 118 valence electrons. The van der Waals surface area contributed by atoms with E-state index in [9.17, 15) is 12.8 Å². The fraction of sp³-hybridized carbons (Fsp3) is 0.294. The van der Waals surface area contributed by atoms with E-state index in [-0.39, 0.29) is 10.3 Å². The van der Waals surface area contributed by atoms with Crippen molar-refractivity contribution in [3.63, 3.8) is 0 Å². The second-order valence-electron chi connectivity index (χ2n) is 6.34. The van der Waals surface area contributed by atoms with Gasteiger partial charge in [0.1, 0.15) is 5.82 Å². The molecular formula is C17H20FNO2S. The van der Waals surface area contributed by atoms with Crippen molar-refractivity contribution < 1.29 is 12.8 Å². The highest BCUT2D eigenvalue weighted by atomic mass is 32.2. The third-order valence-corrected chi connectivity index (χ3v) is 4.84. The van der Waals surface area contributed by atoms with Gasteiger partial charge in [-0.25, -0.2) is 12.8 Å². The predicted octanol–water partition coefficient (Wildman–Crippen LogP) is 4.23. The molecule has 0 spiro atoms. The second-order valence-corrected chi connectivity index (χ2v) is 8.02. The summed E-state index contributed by atoms with van der Waals surface area (Å²) >= 11 is 0. The predicted molar refractivity (Wildman–Crippen MR) is 87.1 cm³/mol. The van der Waals surface area contributed by atoms with E-state index in [1.165, 1.54) is 18.2 Å². The Morgan fingerprint density at radius 2 is 1.59 bits per heavy atom. The molecule has 0 radical (unpaired) electrons. The maximum atomic E-state index is 13.1. The van der Waals surface area contributed by atoms with E-state index >= 15 is 0 Å². The molecule has 0 aliphatic carbocycles. The average Bonchev–Trinajstić information content (AvgIpc) is 2.41. The van der Waals surface area contributed by atoms with Gasteiger partial charge in [0.25, 0.3) is 10.0 Å².